The van der Waals surface area contributed by atoms with Gasteiger partial charge in [0.05, 0.1) is 17.1 Å². The van der Waals surface area contributed by atoms with Crippen molar-refractivity contribution in [2.24, 2.45) is 0 Å². The van der Waals surface area contributed by atoms with E-state index in [2.05, 4.69) is 5.32 Å². The van der Waals surface area contributed by atoms with Crippen LogP contribution in [-0.4, -0.2) is 27.0 Å². The van der Waals surface area contributed by atoms with Gasteiger partial charge < -0.3 is 10.1 Å². The minimum Gasteiger partial charge on any atom is -0.476 e. The van der Waals surface area contributed by atoms with Crippen LogP contribution in [0.25, 0.3) is 0 Å². The number of para-hydroxylation sites is 2. The number of anilines is 2. The molecule has 0 spiro atoms. The van der Waals surface area contributed by atoms with Crippen molar-refractivity contribution in [3.63, 3.8) is 0 Å². The van der Waals surface area contributed by atoms with Crippen molar-refractivity contribution in [2.75, 3.05) is 16.2 Å². The van der Waals surface area contributed by atoms with E-state index < -0.39 is 22.0 Å². The monoisotopic (exact) mass is 436 g/mol. The van der Waals surface area contributed by atoms with Gasteiger partial charge in [0, 0.05) is 5.69 Å². The van der Waals surface area contributed by atoms with Crippen LogP contribution in [0, 0.1) is 20.8 Å². The number of nitrogens with zero attached hydrogens (tertiary/aromatic N) is 1. The Balaban J connectivity index is 1.68. The SMILES string of the molecule is Cc1ccc(S(=O)(=O)N2CC(C(=O)Nc3cccc(C)c3C)Oc3ccccc32)cc1. The summed E-state index contributed by atoms with van der Waals surface area (Å²) in [5, 5.41) is 2.89. The van der Waals surface area contributed by atoms with E-state index in [1.807, 2.05) is 39.0 Å². The fourth-order valence-corrected chi connectivity index (χ4v) is 4.98. The Labute approximate surface area is 182 Å². The highest BCUT2D eigenvalue weighted by atomic mass is 32.2. The summed E-state index contributed by atoms with van der Waals surface area (Å²) in [6, 6.07) is 19.2. The average molecular weight is 437 g/mol. The van der Waals surface area contributed by atoms with Crippen LogP contribution in [0.4, 0.5) is 11.4 Å². The van der Waals surface area contributed by atoms with E-state index in [0.29, 0.717) is 17.1 Å². The van der Waals surface area contributed by atoms with Gasteiger partial charge in [-0.1, -0.05) is 42.0 Å². The molecular weight excluding hydrogens is 412 g/mol. The van der Waals surface area contributed by atoms with Crippen LogP contribution >= 0.6 is 0 Å². The first-order valence-electron chi connectivity index (χ1n) is 9.99. The van der Waals surface area contributed by atoms with E-state index in [4.69, 9.17) is 4.74 Å². The van der Waals surface area contributed by atoms with E-state index in [0.717, 1.165) is 16.7 Å². The lowest BCUT2D eigenvalue weighted by atomic mass is 10.1. The summed E-state index contributed by atoms with van der Waals surface area (Å²) in [6.07, 6.45) is -0.991. The summed E-state index contributed by atoms with van der Waals surface area (Å²) >= 11 is 0. The Morgan fingerprint density at radius 2 is 1.68 bits per heavy atom. The molecule has 3 aromatic rings. The second-order valence-corrected chi connectivity index (χ2v) is 9.52. The van der Waals surface area contributed by atoms with Crippen molar-refractivity contribution in [2.45, 2.75) is 31.8 Å². The molecule has 1 aliphatic rings. The van der Waals surface area contributed by atoms with Crippen LogP contribution in [-0.2, 0) is 14.8 Å². The Morgan fingerprint density at radius 1 is 0.968 bits per heavy atom. The maximum Gasteiger partial charge on any atom is 0.267 e. The van der Waals surface area contributed by atoms with E-state index in [9.17, 15) is 13.2 Å². The molecule has 3 aromatic carbocycles. The Bertz CT molecular complexity index is 1240. The molecule has 4 rings (SSSR count). The van der Waals surface area contributed by atoms with Crippen molar-refractivity contribution < 1.29 is 17.9 Å². The van der Waals surface area contributed by atoms with Crippen LogP contribution in [0.15, 0.2) is 71.6 Å². The molecule has 0 saturated heterocycles. The van der Waals surface area contributed by atoms with Gasteiger partial charge in [0.15, 0.2) is 6.10 Å². The smallest absolute Gasteiger partial charge is 0.267 e. The second kappa shape index (κ2) is 8.07. The topological polar surface area (TPSA) is 75.7 Å². The zero-order valence-corrected chi connectivity index (χ0v) is 18.4. The van der Waals surface area contributed by atoms with Crippen LogP contribution in [0.5, 0.6) is 5.75 Å². The molecule has 1 atom stereocenters. The highest BCUT2D eigenvalue weighted by molar-refractivity contribution is 7.92. The standard InChI is InChI=1S/C24H24N2O4S/c1-16-11-13-19(14-12-16)31(28,29)26-15-23(30-22-10-5-4-9-21(22)26)24(27)25-20-8-6-7-17(2)18(20)3/h4-14,23H,15H2,1-3H3,(H,25,27). The van der Waals surface area contributed by atoms with Gasteiger partial charge in [-0.3, -0.25) is 9.10 Å². The normalized spacial score (nSPS) is 15.7. The van der Waals surface area contributed by atoms with Crippen molar-refractivity contribution in [1.29, 1.82) is 0 Å². The van der Waals surface area contributed by atoms with Gasteiger partial charge in [-0.15, -0.1) is 0 Å². The van der Waals surface area contributed by atoms with E-state index in [-0.39, 0.29) is 11.4 Å². The van der Waals surface area contributed by atoms with Gasteiger partial charge in [0.25, 0.3) is 15.9 Å². The van der Waals surface area contributed by atoms with E-state index in [1.54, 1.807) is 48.5 Å². The number of hydrogen-bond acceptors (Lipinski definition) is 4. The third-order valence-electron chi connectivity index (χ3n) is 5.50. The molecule has 1 amide bonds. The molecule has 0 fully saturated rings. The molecule has 1 heterocycles. The fourth-order valence-electron chi connectivity index (χ4n) is 3.50. The molecule has 0 saturated carbocycles. The maximum atomic E-state index is 13.4. The number of fused-ring (bicyclic) bond motifs is 1. The van der Waals surface area contributed by atoms with Crippen LogP contribution in [0.3, 0.4) is 0 Å². The Kier molecular flexibility index (Phi) is 5.45. The zero-order valence-electron chi connectivity index (χ0n) is 17.6. The lowest BCUT2D eigenvalue weighted by Gasteiger charge is -2.34. The zero-order chi connectivity index (χ0) is 22.2. The fraction of sp³-hybridized carbons (Fsp3) is 0.208. The summed E-state index contributed by atoms with van der Waals surface area (Å²) in [4.78, 5) is 13.2. The molecular formula is C24H24N2O4S. The number of carbonyl (C=O) groups excluding carboxylic acids is 1. The van der Waals surface area contributed by atoms with E-state index in [1.165, 1.54) is 4.31 Å². The lowest BCUT2D eigenvalue weighted by Crippen LogP contribution is -2.48. The van der Waals surface area contributed by atoms with Gasteiger partial charge in [0.1, 0.15) is 5.75 Å². The molecule has 160 valence electrons. The van der Waals surface area contributed by atoms with Gasteiger partial charge in [0.2, 0.25) is 0 Å². The summed E-state index contributed by atoms with van der Waals surface area (Å²) in [5.74, 6) is -0.0436. The van der Waals surface area contributed by atoms with Crippen LogP contribution < -0.4 is 14.4 Å². The van der Waals surface area contributed by atoms with E-state index >= 15 is 0 Å². The van der Waals surface area contributed by atoms with Gasteiger partial charge in [-0.05, 0) is 62.2 Å². The number of sulfonamides is 1. The molecule has 0 radical (unpaired) electrons. The number of amides is 1. The number of carbonyl (C=O) groups is 1. The summed E-state index contributed by atoms with van der Waals surface area (Å²) in [5.41, 5.74) is 4.07. The maximum absolute atomic E-state index is 13.4. The number of aryl methyl sites for hydroxylation is 2. The predicted octanol–water partition coefficient (Wildman–Crippen LogP) is 4.21. The third kappa shape index (κ3) is 4.01. The summed E-state index contributed by atoms with van der Waals surface area (Å²) in [7, 11) is -3.87. The number of rotatable bonds is 4. The lowest BCUT2D eigenvalue weighted by molar-refractivity contribution is -0.122. The largest absolute Gasteiger partial charge is 0.476 e. The number of nitrogens with one attached hydrogen (secondary N) is 1. The molecule has 6 nitrogen and oxygen atoms in total. The molecule has 1 aliphatic heterocycles. The first-order valence-corrected chi connectivity index (χ1v) is 11.4. The molecule has 0 aliphatic carbocycles. The van der Waals surface area contributed by atoms with Crippen molar-refractivity contribution in [1.82, 2.24) is 0 Å². The summed E-state index contributed by atoms with van der Waals surface area (Å²) in [6.45, 7) is 5.67. The van der Waals surface area contributed by atoms with Crippen molar-refractivity contribution >= 4 is 27.3 Å². The Hall–Kier alpha value is -3.32. The molecule has 0 aromatic heterocycles. The van der Waals surface area contributed by atoms with Crippen LogP contribution in [0.2, 0.25) is 0 Å². The summed E-state index contributed by atoms with van der Waals surface area (Å²) < 4.78 is 34.0. The average Bonchev–Trinajstić information content (AvgIpc) is 2.76. The molecule has 1 unspecified atom stereocenters. The molecule has 0 bridgehead atoms. The minimum atomic E-state index is -3.87. The second-order valence-electron chi connectivity index (χ2n) is 7.66. The minimum absolute atomic E-state index is 0.121. The highest BCUT2D eigenvalue weighted by Crippen LogP contribution is 2.37. The van der Waals surface area contributed by atoms with Crippen molar-refractivity contribution in [3.8, 4) is 5.75 Å². The number of hydrogen-bond donors (Lipinski definition) is 1. The first kappa shape index (κ1) is 20.9. The third-order valence-corrected chi connectivity index (χ3v) is 7.29. The van der Waals surface area contributed by atoms with Gasteiger partial charge in [-0.25, -0.2) is 8.42 Å². The number of benzene rings is 3. The van der Waals surface area contributed by atoms with Crippen molar-refractivity contribution in [3.05, 3.63) is 83.4 Å². The predicted molar refractivity (Wildman–Crippen MR) is 121 cm³/mol. The first-order chi connectivity index (χ1) is 14.8. The van der Waals surface area contributed by atoms with Crippen LogP contribution in [0.1, 0.15) is 16.7 Å². The van der Waals surface area contributed by atoms with Gasteiger partial charge >= 0.3 is 0 Å². The number of ether oxygens (including phenoxy) is 1. The quantitative estimate of drug-likeness (QED) is 0.665. The molecule has 31 heavy (non-hydrogen) atoms. The highest BCUT2D eigenvalue weighted by Gasteiger charge is 2.37. The van der Waals surface area contributed by atoms with Gasteiger partial charge in [-0.2, -0.15) is 0 Å². The molecule has 1 N–H and O–H groups in total. The Morgan fingerprint density at radius 3 is 2.42 bits per heavy atom. The molecule has 7 heteroatoms.